The van der Waals surface area contributed by atoms with Crippen molar-refractivity contribution in [2.24, 2.45) is 0 Å². The number of piperazine rings is 1. The van der Waals surface area contributed by atoms with Crippen molar-refractivity contribution in [3.63, 3.8) is 0 Å². The first-order valence-electron chi connectivity index (χ1n) is 6.62. The molecule has 3 heterocycles. The Balaban J connectivity index is 2.05. The molecule has 2 aliphatic heterocycles. The topological polar surface area (TPSA) is 41.1 Å². The molecule has 8 heteroatoms. The number of alkyl halides is 3. The molecule has 0 aliphatic carbocycles. The Morgan fingerprint density at radius 1 is 1.15 bits per heavy atom. The van der Waals surface area contributed by atoms with Gasteiger partial charge in [-0.1, -0.05) is 34.8 Å². The van der Waals surface area contributed by atoms with E-state index in [0.717, 1.165) is 61.2 Å². The lowest BCUT2D eigenvalue weighted by atomic mass is 10.2. The molecule has 1 saturated heterocycles. The highest BCUT2D eigenvalue weighted by atomic mass is 35.6. The molecule has 3 rings (SSSR count). The molecule has 0 aromatic carbocycles. The maximum atomic E-state index is 5.98. The lowest BCUT2D eigenvalue weighted by Gasteiger charge is -2.32. The van der Waals surface area contributed by atoms with Crippen LogP contribution < -0.4 is 10.2 Å². The first kappa shape index (κ1) is 15.0. The normalized spacial score (nSPS) is 19.9. The Kier molecular flexibility index (Phi) is 4.53. The molecule has 0 bridgehead atoms. The van der Waals surface area contributed by atoms with Crippen molar-refractivity contribution < 1.29 is 0 Å². The van der Waals surface area contributed by atoms with E-state index in [2.05, 4.69) is 20.2 Å². The van der Waals surface area contributed by atoms with E-state index in [0.29, 0.717) is 0 Å². The zero-order valence-corrected chi connectivity index (χ0v) is 13.9. The summed E-state index contributed by atoms with van der Waals surface area (Å²) >= 11 is 19.8. The predicted octanol–water partition coefficient (Wildman–Crippen LogP) is 2.75. The monoisotopic (exact) mass is 352 g/mol. The Morgan fingerprint density at radius 2 is 1.90 bits per heavy atom. The predicted molar refractivity (Wildman–Crippen MR) is 85.4 cm³/mol. The summed E-state index contributed by atoms with van der Waals surface area (Å²) in [7, 11) is 0. The summed E-state index contributed by atoms with van der Waals surface area (Å²) in [5.41, 5.74) is 1.02. The third kappa shape index (κ3) is 3.12. The van der Waals surface area contributed by atoms with E-state index >= 15 is 0 Å². The number of thioether (sulfide) groups is 1. The summed E-state index contributed by atoms with van der Waals surface area (Å²) in [5.74, 6) is 2.32. The van der Waals surface area contributed by atoms with E-state index in [1.807, 2.05) is 11.8 Å². The van der Waals surface area contributed by atoms with Crippen LogP contribution >= 0.6 is 46.6 Å². The van der Waals surface area contributed by atoms with Crippen LogP contribution in [0, 0.1) is 0 Å². The van der Waals surface area contributed by atoms with Crippen molar-refractivity contribution in [3.8, 4) is 0 Å². The van der Waals surface area contributed by atoms with Gasteiger partial charge in [-0.15, -0.1) is 11.8 Å². The maximum absolute atomic E-state index is 5.98. The molecular weight excluding hydrogens is 339 g/mol. The lowest BCUT2D eigenvalue weighted by Crippen LogP contribution is -2.44. The van der Waals surface area contributed by atoms with Gasteiger partial charge >= 0.3 is 0 Å². The Bertz CT molecular complexity index is 500. The Labute approximate surface area is 137 Å². The molecule has 110 valence electrons. The number of nitrogens with one attached hydrogen (secondary N) is 1. The zero-order valence-electron chi connectivity index (χ0n) is 10.8. The molecule has 1 aromatic rings. The molecule has 1 fully saturated rings. The zero-order chi connectivity index (χ0) is 14.2. The minimum Gasteiger partial charge on any atom is -0.353 e. The molecule has 0 spiro atoms. The van der Waals surface area contributed by atoms with Crippen LogP contribution in [0.3, 0.4) is 0 Å². The third-order valence-electron chi connectivity index (χ3n) is 3.39. The summed E-state index contributed by atoms with van der Waals surface area (Å²) in [6.45, 7) is 3.74. The first-order chi connectivity index (χ1) is 9.55. The summed E-state index contributed by atoms with van der Waals surface area (Å²) in [6.07, 6.45) is 2.03. The van der Waals surface area contributed by atoms with Crippen molar-refractivity contribution in [2.75, 3.05) is 36.8 Å². The highest BCUT2D eigenvalue weighted by Gasteiger charge is 2.31. The van der Waals surface area contributed by atoms with Crippen LogP contribution in [0.15, 0.2) is 4.90 Å². The van der Waals surface area contributed by atoms with Gasteiger partial charge in [-0.25, -0.2) is 9.97 Å². The van der Waals surface area contributed by atoms with Crippen LogP contribution in [-0.4, -0.2) is 41.9 Å². The fraction of sp³-hybridized carbons (Fsp3) is 0.667. The SMILES string of the molecule is ClC(Cl)(Cl)c1nc2c(c(N3CCNCC3)n1)SCCC2. The summed E-state index contributed by atoms with van der Waals surface area (Å²) in [5, 5.41) is 3.34. The lowest BCUT2D eigenvalue weighted by molar-refractivity contribution is 0.578. The molecule has 0 unspecified atom stereocenters. The quantitative estimate of drug-likeness (QED) is 0.786. The van der Waals surface area contributed by atoms with Crippen molar-refractivity contribution >= 4 is 52.4 Å². The van der Waals surface area contributed by atoms with Crippen molar-refractivity contribution in [1.29, 1.82) is 0 Å². The minimum atomic E-state index is -1.57. The number of nitrogens with zero attached hydrogens (tertiary/aromatic N) is 3. The standard InChI is InChI=1S/C12H15Cl3N4S/c13-12(14,15)11-17-8-2-1-7-20-9(8)10(18-11)19-5-3-16-4-6-19/h16H,1-7H2. The van der Waals surface area contributed by atoms with Crippen LogP contribution in [0.4, 0.5) is 5.82 Å². The van der Waals surface area contributed by atoms with Crippen molar-refractivity contribution in [1.82, 2.24) is 15.3 Å². The summed E-state index contributed by atoms with van der Waals surface area (Å²) < 4.78 is -1.57. The fourth-order valence-electron chi connectivity index (χ4n) is 2.43. The molecule has 20 heavy (non-hydrogen) atoms. The van der Waals surface area contributed by atoms with Crippen molar-refractivity contribution in [3.05, 3.63) is 11.5 Å². The van der Waals surface area contributed by atoms with Gasteiger partial charge in [0.25, 0.3) is 0 Å². The summed E-state index contributed by atoms with van der Waals surface area (Å²) in [6, 6.07) is 0. The third-order valence-corrected chi connectivity index (χ3v) is 5.10. The van der Waals surface area contributed by atoms with Crippen LogP contribution in [0.1, 0.15) is 17.9 Å². The number of aryl methyl sites for hydroxylation is 1. The van der Waals surface area contributed by atoms with Gasteiger partial charge < -0.3 is 10.2 Å². The maximum Gasteiger partial charge on any atom is 0.250 e. The Morgan fingerprint density at radius 3 is 2.60 bits per heavy atom. The fourth-order valence-corrected chi connectivity index (χ4v) is 3.80. The van der Waals surface area contributed by atoms with Gasteiger partial charge in [0, 0.05) is 26.2 Å². The molecule has 1 aromatic heterocycles. The average molecular weight is 354 g/mol. The first-order valence-corrected chi connectivity index (χ1v) is 8.74. The smallest absolute Gasteiger partial charge is 0.250 e. The molecule has 0 amide bonds. The van der Waals surface area contributed by atoms with E-state index in [-0.39, 0.29) is 5.82 Å². The molecule has 0 atom stereocenters. The van der Waals surface area contributed by atoms with Gasteiger partial charge in [-0.3, -0.25) is 0 Å². The largest absolute Gasteiger partial charge is 0.353 e. The van der Waals surface area contributed by atoms with Crippen LogP contribution in [-0.2, 0) is 10.2 Å². The van der Waals surface area contributed by atoms with Gasteiger partial charge in [-0.2, -0.15) is 0 Å². The number of aromatic nitrogens is 2. The number of hydrogen-bond acceptors (Lipinski definition) is 5. The van der Waals surface area contributed by atoms with Crippen LogP contribution in [0.5, 0.6) is 0 Å². The van der Waals surface area contributed by atoms with E-state index in [4.69, 9.17) is 34.8 Å². The second-order valence-corrected chi connectivity index (χ2v) is 8.22. The average Bonchev–Trinajstić information content (AvgIpc) is 2.46. The van der Waals surface area contributed by atoms with Crippen LogP contribution in [0.2, 0.25) is 0 Å². The molecule has 0 radical (unpaired) electrons. The number of halogens is 3. The van der Waals surface area contributed by atoms with Gasteiger partial charge in [0.1, 0.15) is 5.82 Å². The van der Waals surface area contributed by atoms with Gasteiger partial charge in [0.15, 0.2) is 5.82 Å². The highest BCUT2D eigenvalue weighted by Crippen LogP contribution is 2.41. The van der Waals surface area contributed by atoms with Crippen LogP contribution in [0.25, 0.3) is 0 Å². The van der Waals surface area contributed by atoms with E-state index in [1.54, 1.807) is 0 Å². The number of anilines is 1. The molecule has 2 aliphatic rings. The second kappa shape index (κ2) is 6.05. The molecule has 1 N–H and O–H groups in total. The van der Waals surface area contributed by atoms with E-state index < -0.39 is 3.79 Å². The van der Waals surface area contributed by atoms with Crippen molar-refractivity contribution in [2.45, 2.75) is 21.5 Å². The number of rotatable bonds is 1. The van der Waals surface area contributed by atoms with Gasteiger partial charge in [0.2, 0.25) is 3.79 Å². The minimum absolute atomic E-state index is 0.289. The second-order valence-electron chi connectivity index (χ2n) is 4.83. The number of hydrogen-bond donors (Lipinski definition) is 1. The highest BCUT2D eigenvalue weighted by molar-refractivity contribution is 7.99. The summed E-state index contributed by atoms with van der Waals surface area (Å²) in [4.78, 5) is 12.4. The molecule has 0 saturated carbocycles. The number of fused-ring (bicyclic) bond motifs is 1. The van der Waals surface area contributed by atoms with Gasteiger partial charge in [-0.05, 0) is 18.6 Å². The Hall–Kier alpha value is 0.0600. The molecular formula is C12H15Cl3N4S. The molecule has 4 nitrogen and oxygen atoms in total. The van der Waals surface area contributed by atoms with E-state index in [1.165, 1.54) is 0 Å². The van der Waals surface area contributed by atoms with Gasteiger partial charge in [0.05, 0.1) is 10.6 Å². The van der Waals surface area contributed by atoms with E-state index in [9.17, 15) is 0 Å².